The minimum absolute atomic E-state index is 0.144. The highest BCUT2D eigenvalue weighted by Crippen LogP contribution is 2.48. The summed E-state index contributed by atoms with van der Waals surface area (Å²) in [6, 6.07) is 28.8. The van der Waals surface area contributed by atoms with Gasteiger partial charge in [-0.3, -0.25) is 4.90 Å². The third-order valence-corrected chi connectivity index (χ3v) is 9.78. The second-order valence-electron chi connectivity index (χ2n) is 11.8. The average molecular weight is 543 g/mol. The fraction of sp³-hybridized carbons (Fsp3) is 0.211. The molecule has 8 rings (SSSR count). The molecule has 4 aromatic rings. The molecule has 0 N–H and O–H groups in total. The highest BCUT2D eigenvalue weighted by atomic mass is 15.3. The third kappa shape index (κ3) is 3.69. The summed E-state index contributed by atoms with van der Waals surface area (Å²) < 4.78 is 2.38. The lowest BCUT2D eigenvalue weighted by molar-refractivity contribution is 0.173. The fourth-order valence-corrected chi connectivity index (χ4v) is 8.06. The van der Waals surface area contributed by atoms with Gasteiger partial charge in [0.2, 0.25) is 0 Å². The lowest BCUT2D eigenvalue weighted by Crippen LogP contribution is -2.47. The van der Waals surface area contributed by atoms with Gasteiger partial charge in [-0.25, -0.2) is 0 Å². The van der Waals surface area contributed by atoms with Crippen LogP contribution in [0.25, 0.3) is 27.5 Å². The molecule has 1 saturated heterocycles. The summed E-state index contributed by atoms with van der Waals surface area (Å²) >= 11 is 0. The molecule has 3 aliphatic carbocycles. The van der Waals surface area contributed by atoms with Gasteiger partial charge in [-0.15, -0.1) is 0 Å². The van der Waals surface area contributed by atoms with Crippen LogP contribution >= 0.6 is 0 Å². The Labute approximate surface area is 246 Å². The molecule has 0 bridgehead atoms. The average Bonchev–Trinajstić information content (AvgIpc) is 3.56. The Morgan fingerprint density at radius 3 is 2.48 bits per heavy atom. The van der Waals surface area contributed by atoms with Crippen LogP contribution in [-0.4, -0.2) is 27.6 Å². The molecular formula is C38H30N4. The number of aromatic nitrogens is 1. The minimum Gasteiger partial charge on any atom is -0.309 e. The van der Waals surface area contributed by atoms with Gasteiger partial charge in [0, 0.05) is 46.3 Å². The van der Waals surface area contributed by atoms with Gasteiger partial charge in [0.1, 0.15) is 0 Å². The smallest absolute Gasteiger partial charge is 0.0991 e. The molecule has 1 aliphatic heterocycles. The summed E-state index contributed by atoms with van der Waals surface area (Å²) in [7, 11) is 0. The zero-order valence-electron chi connectivity index (χ0n) is 23.2. The van der Waals surface area contributed by atoms with Crippen LogP contribution in [0.3, 0.4) is 0 Å². The standard InChI is InChI=1S/C38H30N4/c39-23-25-17-19-37-31(21-25)29-11-3-7-15-35(29)41(37)33-13-5-1-9-27(33)28-10-2-6-14-34(28)42-36-16-8-4-12-30(36)32-22-26(24-40)18-20-38(32)42/h1-3,5-11,13-22,28,30,32,34,36,38H,4,12H2. The maximum atomic E-state index is 9.68. The van der Waals surface area contributed by atoms with E-state index in [1.54, 1.807) is 0 Å². The molecule has 0 saturated carbocycles. The van der Waals surface area contributed by atoms with Gasteiger partial charge in [-0.05, 0) is 60.7 Å². The monoisotopic (exact) mass is 542 g/mol. The Morgan fingerprint density at radius 2 is 1.57 bits per heavy atom. The lowest BCUT2D eigenvalue weighted by Gasteiger charge is -2.41. The van der Waals surface area contributed by atoms with Crippen molar-refractivity contribution >= 4 is 21.8 Å². The van der Waals surface area contributed by atoms with Crippen molar-refractivity contribution in [2.45, 2.75) is 36.9 Å². The van der Waals surface area contributed by atoms with Gasteiger partial charge in [-0.2, -0.15) is 10.5 Å². The Hall–Kier alpha value is -4.90. The molecule has 42 heavy (non-hydrogen) atoms. The first kappa shape index (κ1) is 24.9. The van der Waals surface area contributed by atoms with E-state index in [0.29, 0.717) is 23.4 Å². The SMILES string of the molecule is N#CC1=CC2C3CCC=CC3N(C3C=CC=CC3c3ccccc3-n3c4ccccc4c4cc(C#N)ccc43)C2C=C1. The van der Waals surface area contributed by atoms with E-state index in [-0.39, 0.29) is 18.0 Å². The number of likely N-dealkylation sites (tertiary alicyclic amines) is 1. The molecule has 1 aromatic heterocycles. The second-order valence-corrected chi connectivity index (χ2v) is 11.8. The Bertz CT molecular complexity index is 1970. The largest absolute Gasteiger partial charge is 0.309 e. The fourth-order valence-electron chi connectivity index (χ4n) is 8.06. The van der Waals surface area contributed by atoms with Crippen molar-refractivity contribution in [3.8, 4) is 17.8 Å². The number of hydrogen-bond acceptors (Lipinski definition) is 3. The number of nitriles is 2. The molecule has 4 heteroatoms. The maximum absolute atomic E-state index is 9.68. The third-order valence-electron chi connectivity index (χ3n) is 9.78. The normalized spacial score (nSPS) is 27.9. The van der Waals surface area contributed by atoms with Crippen LogP contribution in [0, 0.1) is 34.5 Å². The van der Waals surface area contributed by atoms with Crippen LogP contribution in [0.15, 0.2) is 127 Å². The van der Waals surface area contributed by atoms with Crippen molar-refractivity contribution in [3.05, 3.63) is 138 Å². The highest BCUT2D eigenvalue weighted by molar-refractivity contribution is 6.09. The van der Waals surface area contributed by atoms with E-state index in [9.17, 15) is 10.5 Å². The van der Waals surface area contributed by atoms with E-state index in [1.807, 2.05) is 18.2 Å². The molecule has 2 heterocycles. The molecule has 4 aliphatic rings. The van der Waals surface area contributed by atoms with Crippen molar-refractivity contribution in [1.29, 1.82) is 10.5 Å². The van der Waals surface area contributed by atoms with Crippen LogP contribution in [0.5, 0.6) is 0 Å². The first-order chi connectivity index (χ1) is 20.8. The molecule has 4 nitrogen and oxygen atoms in total. The lowest BCUT2D eigenvalue weighted by atomic mass is 9.79. The van der Waals surface area contributed by atoms with Gasteiger partial charge < -0.3 is 4.57 Å². The molecule has 0 spiro atoms. The number of allylic oxidation sites excluding steroid dienone is 5. The second kappa shape index (κ2) is 9.88. The number of para-hydroxylation sites is 2. The van der Waals surface area contributed by atoms with Crippen molar-refractivity contribution in [3.63, 3.8) is 0 Å². The molecule has 0 amide bonds. The number of fused-ring (bicyclic) bond motifs is 6. The molecule has 202 valence electrons. The minimum atomic E-state index is 0.144. The summed E-state index contributed by atoms with van der Waals surface area (Å²) in [5, 5.41) is 21.6. The van der Waals surface area contributed by atoms with Gasteiger partial charge in [0.05, 0.1) is 34.4 Å². The van der Waals surface area contributed by atoms with Gasteiger partial charge in [0.15, 0.2) is 0 Å². The van der Waals surface area contributed by atoms with Crippen molar-refractivity contribution in [1.82, 2.24) is 9.47 Å². The van der Waals surface area contributed by atoms with Crippen molar-refractivity contribution in [2.24, 2.45) is 11.8 Å². The summed E-state index contributed by atoms with van der Waals surface area (Å²) in [4.78, 5) is 2.72. The predicted molar refractivity (Wildman–Crippen MR) is 168 cm³/mol. The van der Waals surface area contributed by atoms with Crippen LogP contribution in [0.2, 0.25) is 0 Å². The van der Waals surface area contributed by atoms with Crippen LogP contribution in [0.1, 0.15) is 29.9 Å². The molecule has 6 atom stereocenters. The summed E-state index contributed by atoms with van der Waals surface area (Å²) in [5.41, 5.74) is 6.16. The molecular weight excluding hydrogens is 512 g/mol. The first-order valence-corrected chi connectivity index (χ1v) is 14.9. The van der Waals surface area contributed by atoms with Gasteiger partial charge in [0.25, 0.3) is 0 Å². The molecule has 6 unspecified atom stereocenters. The topological polar surface area (TPSA) is 55.8 Å². The summed E-state index contributed by atoms with van der Waals surface area (Å²) in [5.74, 6) is 1.00. The molecule has 0 radical (unpaired) electrons. The maximum Gasteiger partial charge on any atom is 0.0991 e. The highest BCUT2D eigenvalue weighted by Gasteiger charge is 2.50. The van der Waals surface area contributed by atoms with Gasteiger partial charge >= 0.3 is 0 Å². The molecule has 1 fully saturated rings. The number of hydrogen-bond donors (Lipinski definition) is 0. The van der Waals surface area contributed by atoms with E-state index in [2.05, 4.69) is 125 Å². The van der Waals surface area contributed by atoms with Crippen molar-refractivity contribution < 1.29 is 0 Å². The Kier molecular flexibility index (Phi) is 5.85. The quantitative estimate of drug-likeness (QED) is 0.247. The predicted octanol–water partition coefficient (Wildman–Crippen LogP) is 7.89. The van der Waals surface area contributed by atoms with Crippen LogP contribution < -0.4 is 0 Å². The zero-order chi connectivity index (χ0) is 28.2. The van der Waals surface area contributed by atoms with Crippen LogP contribution in [-0.2, 0) is 0 Å². The number of nitrogens with zero attached hydrogens (tertiary/aromatic N) is 4. The van der Waals surface area contributed by atoms with E-state index in [1.165, 1.54) is 11.3 Å². The first-order valence-electron chi connectivity index (χ1n) is 14.9. The van der Waals surface area contributed by atoms with Crippen molar-refractivity contribution in [2.75, 3.05) is 0 Å². The van der Waals surface area contributed by atoms with Gasteiger partial charge in [-0.1, -0.05) is 85.0 Å². The Morgan fingerprint density at radius 1 is 0.738 bits per heavy atom. The molecule has 3 aromatic carbocycles. The summed E-state index contributed by atoms with van der Waals surface area (Å²) in [6.45, 7) is 0. The number of rotatable bonds is 3. The summed E-state index contributed by atoms with van der Waals surface area (Å²) in [6.07, 6.45) is 22.7. The number of benzene rings is 3. The van der Waals surface area contributed by atoms with E-state index in [4.69, 9.17) is 0 Å². The van der Waals surface area contributed by atoms with E-state index in [0.717, 1.165) is 40.2 Å². The zero-order valence-corrected chi connectivity index (χ0v) is 23.2. The van der Waals surface area contributed by atoms with E-state index < -0.39 is 0 Å². The van der Waals surface area contributed by atoms with E-state index >= 15 is 0 Å². The Balaban J connectivity index is 1.29. The van der Waals surface area contributed by atoms with Crippen LogP contribution in [0.4, 0.5) is 0 Å².